The number of methoxy groups -OCH3 is 1. The van der Waals surface area contributed by atoms with E-state index in [1.165, 1.54) is 7.11 Å². The zero-order valence-electron chi connectivity index (χ0n) is 12.0. The predicted molar refractivity (Wildman–Crippen MR) is 75.1 cm³/mol. The maximum atomic E-state index is 12.2. The van der Waals surface area contributed by atoms with Gasteiger partial charge in [-0.25, -0.2) is 4.79 Å². The van der Waals surface area contributed by atoms with Crippen LogP contribution < -0.4 is 21.3 Å². The molecule has 9 heteroatoms. The number of carboxylic acid groups (broad SMARTS) is 1. The van der Waals surface area contributed by atoms with Gasteiger partial charge in [-0.05, 0) is 25.7 Å². The average molecular weight is 311 g/mol. The number of hydrogen-bond acceptors (Lipinski definition) is 5. The summed E-state index contributed by atoms with van der Waals surface area (Å²) in [6.45, 7) is 0. The van der Waals surface area contributed by atoms with E-state index in [4.69, 9.17) is 9.84 Å². The Balaban J connectivity index is 2.09. The first-order valence-corrected chi connectivity index (χ1v) is 6.86. The van der Waals surface area contributed by atoms with Crippen LogP contribution in [-0.4, -0.2) is 40.1 Å². The van der Waals surface area contributed by atoms with Gasteiger partial charge in [0.05, 0.1) is 13.0 Å². The van der Waals surface area contributed by atoms with Crippen LogP contribution in [0.15, 0.2) is 9.59 Å². The molecule has 1 saturated carbocycles. The second-order valence-corrected chi connectivity index (χ2v) is 5.18. The molecule has 1 aromatic rings. The zero-order valence-corrected chi connectivity index (χ0v) is 12.0. The van der Waals surface area contributed by atoms with E-state index in [-0.39, 0.29) is 23.4 Å². The maximum absolute atomic E-state index is 12.2. The fourth-order valence-corrected chi connectivity index (χ4v) is 2.57. The van der Waals surface area contributed by atoms with Crippen molar-refractivity contribution in [2.45, 2.75) is 31.7 Å². The highest BCUT2D eigenvalue weighted by Gasteiger charge is 2.28. The lowest BCUT2D eigenvalue weighted by Crippen LogP contribution is -2.40. The third-order valence-corrected chi connectivity index (χ3v) is 3.74. The van der Waals surface area contributed by atoms with Crippen LogP contribution in [0.1, 0.15) is 36.2 Å². The van der Waals surface area contributed by atoms with E-state index in [0.717, 1.165) is 0 Å². The topological polar surface area (TPSA) is 141 Å². The number of aliphatic carboxylic acids is 1. The summed E-state index contributed by atoms with van der Waals surface area (Å²) in [5.41, 5.74) is -1.83. The molecule has 1 aliphatic rings. The Morgan fingerprint density at radius 1 is 1.18 bits per heavy atom. The molecule has 9 nitrogen and oxygen atoms in total. The van der Waals surface area contributed by atoms with Crippen LogP contribution in [0.5, 0.6) is 5.75 Å². The summed E-state index contributed by atoms with van der Waals surface area (Å²) >= 11 is 0. The number of rotatable bonds is 4. The number of ether oxygens (including phenoxy) is 1. The highest BCUT2D eigenvalue weighted by Crippen LogP contribution is 2.24. The minimum absolute atomic E-state index is 0.199. The Kier molecular flexibility index (Phi) is 4.64. The number of carbonyl (C=O) groups excluding carboxylic acids is 1. The zero-order chi connectivity index (χ0) is 16.3. The molecule has 0 spiro atoms. The van der Waals surface area contributed by atoms with Crippen molar-refractivity contribution in [1.82, 2.24) is 15.3 Å². The van der Waals surface area contributed by atoms with Gasteiger partial charge >= 0.3 is 11.7 Å². The van der Waals surface area contributed by atoms with Crippen molar-refractivity contribution in [2.24, 2.45) is 5.92 Å². The first-order valence-electron chi connectivity index (χ1n) is 6.86. The Labute approximate surface area is 124 Å². The van der Waals surface area contributed by atoms with Crippen LogP contribution in [0, 0.1) is 5.92 Å². The van der Waals surface area contributed by atoms with E-state index in [0.29, 0.717) is 25.7 Å². The number of amides is 1. The molecule has 1 amide bonds. The molecule has 0 unspecified atom stereocenters. The number of carboxylic acids is 1. The summed E-state index contributed by atoms with van der Waals surface area (Å²) in [4.78, 5) is 50.1. The monoisotopic (exact) mass is 311 g/mol. The standard InChI is InChI=1S/C13H17N3O6/c1-22-9-8(15-13(21)16-11(9)18)10(17)14-7-4-2-6(3-5-7)12(19)20/h6-7H,2-5H2,1H3,(H,14,17)(H,19,20)(H2,15,16,18,21). The van der Waals surface area contributed by atoms with E-state index in [1.54, 1.807) is 0 Å². The molecular formula is C13H17N3O6. The normalized spacial score (nSPS) is 21.1. The lowest BCUT2D eigenvalue weighted by Gasteiger charge is -2.26. The Hall–Kier alpha value is -2.58. The fourth-order valence-electron chi connectivity index (χ4n) is 2.57. The van der Waals surface area contributed by atoms with Gasteiger partial charge in [0.1, 0.15) is 0 Å². The predicted octanol–water partition coefficient (Wildman–Crippen LogP) is -0.555. The van der Waals surface area contributed by atoms with Gasteiger partial charge in [-0.3, -0.25) is 24.4 Å². The summed E-state index contributed by atoms with van der Waals surface area (Å²) in [6, 6.07) is -0.199. The van der Waals surface area contributed by atoms with E-state index < -0.39 is 23.1 Å². The minimum Gasteiger partial charge on any atom is -0.489 e. The number of hydrogen-bond donors (Lipinski definition) is 4. The summed E-state index contributed by atoms with van der Waals surface area (Å²) in [5.74, 6) is -2.11. The molecule has 1 aliphatic carbocycles. The fraction of sp³-hybridized carbons (Fsp3) is 0.538. The van der Waals surface area contributed by atoms with Crippen molar-refractivity contribution in [3.8, 4) is 5.75 Å². The second-order valence-electron chi connectivity index (χ2n) is 5.18. The van der Waals surface area contributed by atoms with E-state index in [9.17, 15) is 19.2 Å². The molecular weight excluding hydrogens is 294 g/mol. The van der Waals surface area contributed by atoms with Gasteiger partial charge in [0.25, 0.3) is 11.5 Å². The third kappa shape index (κ3) is 3.35. The first kappa shape index (κ1) is 15.8. The molecule has 0 radical (unpaired) electrons. The average Bonchev–Trinajstić information content (AvgIpc) is 2.47. The van der Waals surface area contributed by atoms with Crippen molar-refractivity contribution >= 4 is 11.9 Å². The molecule has 1 heterocycles. The van der Waals surface area contributed by atoms with E-state index >= 15 is 0 Å². The van der Waals surface area contributed by atoms with Gasteiger partial charge in [-0.2, -0.15) is 0 Å². The number of H-pyrrole nitrogens is 2. The summed E-state index contributed by atoms with van der Waals surface area (Å²) in [5, 5.41) is 11.6. The van der Waals surface area contributed by atoms with Crippen LogP contribution in [0.3, 0.4) is 0 Å². The van der Waals surface area contributed by atoms with Crippen LogP contribution in [0.4, 0.5) is 0 Å². The smallest absolute Gasteiger partial charge is 0.326 e. The van der Waals surface area contributed by atoms with Crippen LogP contribution in [0.25, 0.3) is 0 Å². The Morgan fingerprint density at radius 2 is 1.82 bits per heavy atom. The quantitative estimate of drug-likeness (QED) is 0.587. The van der Waals surface area contributed by atoms with E-state index in [1.807, 2.05) is 4.98 Å². The molecule has 120 valence electrons. The summed E-state index contributed by atoms with van der Waals surface area (Å²) in [7, 11) is 1.22. The Morgan fingerprint density at radius 3 is 2.36 bits per heavy atom. The summed E-state index contributed by atoms with van der Waals surface area (Å²) < 4.78 is 4.84. The van der Waals surface area contributed by atoms with Gasteiger partial charge in [-0.15, -0.1) is 0 Å². The van der Waals surface area contributed by atoms with E-state index in [2.05, 4.69) is 10.3 Å². The van der Waals surface area contributed by atoms with Crippen LogP contribution in [-0.2, 0) is 4.79 Å². The lowest BCUT2D eigenvalue weighted by atomic mass is 9.86. The minimum atomic E-state index is -0.828. The van der Waals surface area contributed by atoms with Crippen molar-refractivity contribution in [1.29, 1.82) is 0 Å². The van der Waals surface area contributed by atoms with Gasteiger partial charge in [0.15, 0.2) is 5.69 Å². The SMILES string of the molecule is COc1c(C(=O)NC2CCC(C(=O)O)CC2)[nH]c(=O)[nH]c1=O. The molecule has 0 aromatic carbocycles. The summed E-state index contributed by atoms with van der Waals surface area (Å²) in [6.07, 6.45) is 2.00. The van der Waals surface area contributed by atoms with Crippen LogP contribution >= 0.6 is 0 Å². The molecule has 0 atom stereocenters. The maximum Gasteiger partial charge on any atom is 0.326 e. The third-order valence-electron chi connectivity index (χ3n) is 3.74. The first-order chi connectivity index (χ1) is 10.4. The van der Waals surface area contributed by atoms with Crippen molar-refractivity contribution in [2.75, 3.05) is 7.11 Å². The molecule has 2 rings (SSSR count). The highest BCUT2D eigenvalue weighted by molar-refractivity contribution is 5.94. The second kappa shape index (κ2) is 6.46. The number of nitrogens with one attached hydrogen (secondary N) is 3. The van der Waals surface area contributed by atoms with Gasteiger partial charge in [0.2, 0.25) is 5.75 Å². The molecule has 1 fully saturated rings. The molecule has 0 bridgehead atoms. The number of carbonyl (C=O) groups is 2. The van der Waals surface area contributed by atoms with Crippen LogP contribution in [0.2, 0.25) is 0 Å². The van der Waals surface area contributed by atoms with Crippen molar-refractivity contribution in [3.63, 3.8) is 0 Å². The lowest BCUT2D eigenvalue weighted by molar-refractivity contribution is -0.142. The largest absolute Gasteiger partial charge is 0.489 e. The number of aromatic nitrogens is 2. The van der Waals surface area contributed by atoms with Gasteiger partial charge in [-0.1, -0.05) is 0 Å². The van der Waals surface area contributed by atoms with Crippen molar-refractivity contribution in [3.05, 3.63) is 26.5 Å². The molecule has 4 N–H and O–H groups in total. The highest BCUT2D eigenvalue weighted by atomic mass is 16.5. The number of aromatic amines is 2. The molecule has 22 heavy (non-hydrogen) atoms. The van der Waals surface area contributed by atoms with Crippen molar-refractivity contribution < 1.29 is 19.4 Å². The molecule has 1 aromatic heterocycles. The van der Waals surface area contributed by atoms with Gasteiger partial charge < -0.3 is 15.2 Å². The molecule has 0 aliphatic heterocycles. The molecule has 0 saturated heterocycles. The Bertz CT molecular complexity index is 684. The van der Waals surface area contributed by atoms with Gasteiger partial charge in [0, 0.05) is 6.04 Å².